The Morgan fingerprint density at radius 2 is 1.86 bits per heavy atom. The van der Waals surface area contributed by atoms with Gasteiger partial charge in [0.25, 0.3) is 0 Å². The van der Waals surface area contributed by atoms with Crippen LogP contribution in [0, 0.1) is 5.82 Å². The molecule has 22 heavy (non-hydrogen) atoms. The summed E-state index contributed by atoms with van der Waals surface area (Å²) in [6, 6.07) is 14.7. The summed E-state index contributed by atoms with van der Waals surface area (Å²) in [6.07, 6.45) is 2.12. The molecule has 0 saturated carbocycles. The van der Waals surface area contributed by atoms with Crippen molar-refractivity contribution in [2.24, 2.45) is 4.99 Å². The average molecular weight is 312 g/mol. The fourth-order valence-electron chi connectivity index (χ4n) is 2.32. The van der Waals surface area contributed by atoms with E-state index in [0.717, 1.165) is 34.6 Å². The lowest BCUT2D eigenvalue weighted by Gasteiger charge is -2.02. The van der Waals surface area contributed by atoms with E-state index in [9.17, 15) is 4.39 Å². The Morgan fingerprint density at radius 1 is 1.09 bits per heavy atom. The normalized spacial score (nSPS) is 11.8. The number of aryl methyl sites for hydroxylation is 1. The molecule has 0 amide bonds. The van der Waals surface area contributed by atoms with Gasteiger partial charge in [-0.2, -0.15) is 0 Å². The Hall–Kier alpha value is -2.20. The van der Waals surface area contributed by atoms with Crippen LogP contribution in [0.15, 0.2) is 58.9 Å². The van der Waals surface area contributed by atoms with E-state index in [1.807, 2.05) is 23.6 Å². The third-order valence-electron chi connectivity index (χ3n) is 3.42. The molecule has 3 rings (SSSR count). The molecule has 4 heteroatoms. The van der Waals surface area contributed by atoms with Crippen molar-refractivity contribution in [3.05, 3.63) is 70.1 Å². The maximum atomic E-state index is 13.0. The van der Waals surface area contributed by atoms with E-state index in [2.05, 4.69) is 18.0 Å². The third kappa shape index (κ3) is 3.34. The second-order valence-electron chi connectivity index (χ2n) is 5.08. The Labute approximate surface area is 133 Å². The third-order valence-corrected chi connectivity index (χ3v) is 4.19. The molecule has 1 aromatic heterocycles. The van der Waals surface area contributed by atoms with Crippen LogP contribution in [0.5, 0.6) is 0 Å². The highest BCUT2D eigenvalue weighted by molar-refractivity contribution is 7.07. The van der Waals surface area contributed by atoms with Crippen molar-refractivity contribution in [3.63, 3.8) is 0 Å². The lowest BCUT2D eigenvalue weighted by Crippen LogP contribution is -1.98. The Bertz CT molecular complexity index is 815. The number of hydrogen-bond donors (Lipinski definition) is 1. The number of para-hydroxylation sites is 1. The highest BCUT2D eigenvalue weighted by Gasteiger charge is 2.02. The van der Waals surface area contributed by atoms with Gasteiger partial charge < -0.3 is 4.98 Å². The van der Waals surface area contributed by atoms with Gasteiger partial charge in [0.1, 0.15) is 5.82 Å². The summed E-state index contributed by atoms with van der Waals surface area (Å²) in [7, 11) is 0. The Balaban J connectivity index is 1.95. The fourth-order valence-corrected chi connectivity index (χ4v) is 3.07. The Kier molecular flexibility index (Phi) is 4.49. The lowest BCUT2D eigenvalue weighted by molar-refractivity contribution is 0.628. The number of hydrogen-bond acceptors (Lipinski definition) is 2. The van der Waals surface area contributed by atoms with E-state index in [0.29, 0.717) is 0 Å². The molecule has 112 valence electrons. The SMILES string of the molecule is CCCc1ccccc1N=c1[nH]c(-c2ccc(F)cc2)cs1. The number of H-pyrrole nitrogens is 1. The van der Waals surface area contributed by atoms with Crippen LogP contribution < -0.4 is 4.80 Å². The van der Waals surface area contributed by atoms with Crippen LogP contribution in [0.1, 0.15) is 18.9 Å². The maximum Gasteiger partial charge on any atom is 0.187 e. The van der Waals surface area contributed by atoms with Gasteiger partial charge in [-0.25, -0.2) is 9.38 Å². The summed E-state index contributed by atoms with van der Waals surface area (Å²) in [5, 5.41) is 2.01. The first-order chi connectivity index (χ1) is 10.8. The number of halogens is 1. The van der Waals surface area contributed by atoms with E-state index in [-0.39, 0.29) is 5.82 Å². The monoisotopic (exact) mass is 312 g/mol. The summed E-state index contributed by atoms with van der Waals surface area (Å²) in [5.74, 6) is -0.225. The summed E-state index contributed by atoms with van der Waals surface area (Å²) >= 11 is 1.55. The number of nitrogens with one attached hydrogen (secondary N) is 1. The van der Waals surface area contributed by atoms with Gasteiger partial charge in [0.2, 0.25) is 0 Å². The molecule has 3 aromatic rings. The first-order valence-corrected chi connectivity index (χ1v) is 8.20. The maximum absolute atomic E-state index is 13.0. The van der Waals surface area contributed by atoms with Crippen molar-refractivity contribution in [2.75, 3.05) is 0 Å². The van der Waals surface area contributed by atoms with Crippen molar-refractivity contribution >= 4 is 17.0 Å². The molecule has 0 spiro atoms. The molecule has 0 bridgehead atoms. The largest absolute Gasteiger partial charge is 0.330 e. The molecule has 0 fully saturated rings. The molecule has 2 aromatic carbocycles. The minimum absolute atomic E-state index is 0.225. The van der Waals surface area contributed by atoms with Gasteiger partial charge in [0.15, 0.2) is 4.80 Å². The predicted molar refractivity (Wildman–Crippen MR) is 89.7 cm³/mol. The predicted octanol–water partition coefficient (Wildman–Crippen LogP) is 5.07. The summed E-state index contributed by atoms with van der Waals surface area (Å²) < 4.78 is 13.0. The van der Waals surface area contributed by atoms with Gasteiger partial charge in [-0.3, -0.25) is 0 Å². The van der Waals surface area contributed by atoms with E-state index in [1.165, 1.54) is 17.7 Å². The van der Waals surface area contributed by atoms with Gasteiger partial charge in [-0.1, -0.05) is 31.5 Å². The molecule has 0 atom stereocenters. The number of benzene rings is 2. The molecular formula is C18H17FN2S. The second-order valence-corrected chi connectivity index (χ2v) is 5.94. The van der Waals surface area contributed by atoms with Crippen molar-refractivity contribution in [3.8, 4) is 11.3 Å². The Morgan fingerprint density at radius 3 is 2.64 bits per heavy atom. The standard InChI is InChI=1S/C18H17FN2S/c1-2-5-13-6-3-4-7-16(13)20-18-21-17(12-22-18)14-8-10-15(19)11-9-14/h3-4,6-12H,2,5H2,1H3,(H,20,21). The number of thiazole rings is 1. The fraction of sp³-hybridized carbons (Fsp3) is 0.167. The van der Waals surface area contributed by atoms with Crippen molar-refractivity contribution in [1.82, 2.24) is 4.98 Å². The number of nitrogens with zero attached hydrogens (tertiary/aromatic N) is 1. The first-order valence-electron chi connectivity index (χ1n) is 7.32. The zero-order valence-electron chi connectivity index (χ0n) is 12.3. The van der Waals surface area contributed by atoms with E-state index in [1.54, 1.807) is 23.5 Å². The van der Waals surface area contributed by atoms with Crippen LogP contribution in [0.3, 0.4) is 0 Å². The molecule has 1 heterocycles. The lowest BCUT2D eigenvalue weighted by atomic mass is 10.1. The molecule has 0 unspecified atom stereocenters. The van der Waals surface area contributed by atoms with E-state index < -0.39 is 0 Å². The average Bonchev–Trinajstić information content (AvgIpc) is 2.99. The minimum Gasteiger partial charge on any atom is -0.330 e. The zero-order valence-corrected chi connectivity index (χ0v) is 13.2. The molecule has 0 aliphatic carbocycles. The molecular weight excluding hydrogens is 295 g/mol. The molecule has 0 aliphatic heterocycles. The highest BCUT2D eigenvalue weighted by atomic mass is 32.1. The minimum atomic E-state index is -0.225. The first kappa shape index (κ1) is 14.7. The van der Waals surface area contributed by atoms with Crippen molar-refractivity contribution in [2.45, 2.75) is 19.8 Å². The van der Waals surface area contributed by atoms with Crippen LogP contribution in [0.2, 0.25) is 0 Å². The summed E-state index contributed by atoms with van der Waals surface area (Å²) in [4.78, 5) is 8.86. The van der Waals surface area contributed by atoms with Crippen LogP contribution in [0.4, 0.5) is 10.1 Å². The van der Waals surface area contributed by atoms with E-state index >= 15 is 0 Å². The van der Waals surface area contributed by atoms with Crippen LogP contribution >= 0.6 is 11.3 Å². The molecule has 1 N–H and O–H groups in total. The number of aromatic nitrogens is 1. The molecule has 0 saturated heterocycles. The van der Waals surface area contributed by atoms with Gasteiger partial charge >= 0.3 is 0 Å². The molecule has 2 nitrogen and oxygen atoms in total. The van der Waals surface area contributed by atoms with Gasteiger partial charge in [0, 0.05) is 5.38 Å². The van der Waals surface area contributed by atoms with E-state index in [4.69, 9.17) is 4.99 Å². The second kappa shape index (κ2) is 6.71. The van der Waals surface area contributed by atoms with Gasteiger partial charge in [-0.05, 0) is 47.9 Å². The van der Waals surface area contributed by atoms with Crippen LogP contribution in [-0.2, 0) is 6.42 Å². The van der Waals surface area contributed by atoms with Crippen LogP contribution in [-0.4, -0.2) is 4.98 Å². The molecule has 0 aliphatic rings. The van der Waals surface area contributed by atoms with Crippen LogP contribution in [0.25, 0.3) is 11.3 Å². The number of aromatic amines is 1. The quantitative estimate of drug-likeness (QED) is 0.697. The van der Waals surface area contributed by atoms with Gasteiger partial charge in [-0.15, -0.1) is 11.3 Å². The summed E-state index contributed by atoms with van der Waals surface area (Å²) in [6.45, 7) is 2.17. The smallest absolute Gasteiger partial charge is 0.187 e. The van der Waals surface area contributed by atoms with Crippen molar-refractivity contribution in [1.29, 1.82) is 0 Å². The topological polar surface area (TPSA) is 28.1 Å². The zero-order chi connectivity index (χ0) is 15.4. The molecule has 0 radical (unpaired) electrons. The summed E-state index contributed by atoms with van der Waals surface area (Å²) in [5.41, 5.74) is 4.18. The van der Waals surface area contributed by atoms with Crippen molar-refractivity contribution < 1.29 is 4.39 Å². The number of rotatable bonds is 4. The van der Waals surface area contributed by atoms with Gasteiger partial charge in [0.05, 0.1) is 11.4 Å². The highest BCUT2D eigenvalue weighted by Crippen LogP contribution is 2.21.